The van der Waals surface area contributed by atoms with Crippen LogP contribution in [0.25, 0.3) is 10.7 Å². The molecule has 3 aromatic heterocycles. The summed E-state index contributed by atoms with van der Waals surface area (Å²) in [6.45, 7) is 3.76. The van der Waals surface area contributed by atoms with E-state index in [4.69, 9.17) is 4.52 Å². The van der Waals surface area contributed by atoms with Gasteiger partial charge in [0.1, 0.15) is 5.82 Å². The van der Waals surface area contributed by atoms with Gasteiger partial charge in [-0.3, -0.25) is 4.90 Å². The maximum absolute atomic E-state index is 5.39. The van der Waals surface area contributed by atoms with Gasteiger partial charge in [0.05, 0.1) is 11.4 Å². The van der Waals surface area contributed by atoms with Gasteiger partial charge in [0.25, 0.3) is 0 Å². The van der Waals surface area contributed by atoms with Crippen molar-refractivity contribution in [3.63, 3.8) is 0 Å². The van der Waals surface area contributed by atoms with Crippen LogP contribution in [0.5, 0.6) is 0 Å². The number of hydrogen-bond acceptors (Lipinski definition) is 7. The lowest BCUT2D eigenvalue weighted by atomic mass is 10.1. The van der Waals surface area contributed by atoms with E-state index in [1.807, 2.05) is 41.9 Å². The number of nitrogens with one attached hydrogen (secondary N) is 1. The normalized spacial score (nSPS) is 18.1. The van der Waals surface area contributed by atoms with Crippen molar-refractivity contribution in [1.82, 2.24) is 20.0 Å². The van der Waals surface area contributed by atoms with Crippen LogP contribution < -0.4 is 5.32 Å². The Morgan fingerprint density at radius 3 is 3.12 bits per heavy atom. The van der Waals surface area contributed by atoms with Gasteiger partial charge in [-0.1, -0.05) is 17.3 Å². The van der Waals surface area contributed by atoms with E-state index >= 15 is 0 Å². The molecule has 1 aliphatic heterocycles. The van der Waals surface area contributed by atoms with E-state index in [0.29, 0.717) is 17.6 Å². The van der Waals surface area contributed by atoms with Gasteiger partial charge in [-0.05, 0) is 42.5 Å². The van der Waals surface area contributed by atoms with E-state index in [1.54, 1.807) is 11.3 Å². The largest absolute Gasteiger partial charge is 0.370 e. The number of likely N-dealkylation sites (tertiary alicyclic amines) is 1. The molecule has 1 atom stereocenters. The number of thiophene rings is 1. The zero-order chi connectivity index (χ0) is 16.2. The van der Waals surface area contributed by atoms with Crippen LogP contribution in [0, 0.1) is 5.92 Å². The lowest BCUT2D eigenvalue weighted by molar-refractivity contribution is 0.261. The summed E-state index contributed by atoms with van der Waals surface area (Å²) in [6, 6.07) is 9.93. The SMILES string of the molecule is c1ccc(NC[C@H]2CCN(Cc3nc(-c4cccs4)no3)C2)nc1. The van der Waals surface area contributed by atoms with Crippen LogP contribution >= 0.6 is 11.3 Å². The molecule has 1 N–H and O–H groups in total. The number of aromatic nitrogens is 3. The first-order valence-corrected chi connectivity index (χ1v) is 8.98. The fourth-order valence-corrected chi connectivity index (χ4v) is 3.60. The molecule has 3 aromatic rings. The number of pyridine rings is 1. The predicted octanol–water partition coefficient (Wildman–Crippen LogP) is 3.13. The van der Waals surface area contributed by atoms with E-state index in [-0.39, 0.29) is 0 Å². The molecular weight excluding hydrogens is 322 g/mol. The Labute approximate surface area is 144 Å². The third kappa shape index (κ3) is 3.63. The molecule has 6 nitrogen and oxygen atoms in total. The third-order valence-electron chi connectivity index (χ3n) is 4.18. The van der Waals surface area contributed by atoms with E-state index in [0.717, 1.165) is 36.9 Å². The maximum Gasteiger partial charge on any atom is 0.241 e. The van der Waals surface area contributed by atoms with Crippen LogP contribution in [0.3, 0.4) is 0 Å². The van der Waals surface area contributed by atoms with Crippen molar-refractivity contribution in [3.8, 4) is 10.7 Å². The molecule has 0 unspecified atom stereocenters. The third-order valence-corrected chi connectivity index (χ3v) is 5.04. The van der Waals surface area contributed by atoms with Gasteiger partial charge in [-0.15, -0.1) is 11.3 Å². The molecule has 24 heavy (non-hydrogen) atoms. The van der Waals surface area contributed by atoms with E-state index in [9.17, 15) is 0 Å². The lowest BCUT2D eigenvalue weighted by Crippen LogP contribution is -2.23. The zero-order valence-corrected chi connectivity index (χ0v) is 14.1. The van der Waals surface area contributed by atoms with Gasteiger partial charge < -0.3 is 9.84 Å². The molecule has 7 heteroatoms. The molecule has 0 bridgehead atoms. The van der Waals surface area contributed by atoms with Crippen molar-refractivity contribution in [2.45, 2.75) is 13.0 Å². The summed E-state index contributed by atoms with van der Waals surface area (Å²) in [5.41, 5.74) is 0. The Morgan fingerprint density at radius 1 is 1.29 bits per heavy atom. The van der Waals surface area contributed by atoms with Crippen LogP contribution in [0.15, 0.2) is 46.4 Å². The number of rotatable bonds is 6. The second-order valence-corrected chi connectivity index (χ2v) is 6.92. The average molecular weight is 341 g/mol. The zero-order valence-electron chi connectivity index (χ0n) is 13.3. The van der Waals surface area contributed by atoms with Gasteiger partial charge in [0.15, 0.2) is 0 Å². The van der Waals surface area contributed by atoms with Gasteiger partial charge >= 0.3 is 0 Å². The fraction of sp³-hybridized carbons (Fsp3) is 0.353. The second-order valence-electron chi connectivity index (χ2n) is 5.97. The smallest absolute Gasteiger partial charge is 0.241 e. The molecule has 1 saturated heterocycles. The van der Waals surface area contributed by atoms with E-state index in [2.05, 4.69) is 25.3 Å². The highest BCUT2D eigenvalue weighted by Gasteiger charge is 2.24. The van der Waals surface area contributed by atoms with Crippen LogP contribution in [0.4, 0.5) is 5.82 Å². The number of nitrogens with zero attached hydrogens (tertiary/aromatic N) is 4. The van der Waals surface area contributed by atoms with Gasteiger partial charge in [0.2, 0.25) is 11.7 Å². The van der Waals surface area contributed by atoms with Gasteiger partial charge in [-0.2, -0.15) is 4.98 Å². The Bertz CT molecular complexity index is 758. The van der Waals surface area contributed by atoms with Crippen LogP contribution in [-0.4, -0.2) is 39.7 Å². The molecular formula is C17H19N5OS. The fourth-order valence-electron chi connectivity index (χ4n) is 2.96. The van der Waals surface area contributed by atoms with Crippen LogP contribution in [0.2, 0.25) is 0 Å². The standard InChI is InChI=1S/C17H19N5OS/c1-2-7-18-15(5-1)19-10-13-6-8-22(11-13)12-16-20-17(21-23-16)14-4-3-9-24-14/h1-5,7,9,13H,6,8,10-12H2,(H,18,19)/t13-/m1/s1. The Morgan fingerprint density at radius 2 is 2.29 bits per heavy atom. The first kappa shape index (κ1) is 15.3. The van der Waals surface area contributed by atoms with Gasteiger partial charge in [-0.25, -0.2) is 4.98 Å². The first-order chi connectivity index (χ1) is 11.9. The Hall–Kier alpha value is -2.25. The lowest BCUT2D eigenvalue weighted by Gasteiger charge is -2.14. The van der Waals surface area contributed by atoms with E-state index < -0.39 is 0 Å². The molecule has 124 valence electrons. The molecule has 0 aliphatic carbocycles. The number of anilines is 1. The molecule has 1 fully saturated rings. The highest BCUT2D eigenvalue weighted by Crippen LogP contribution is 2.23. The maximum atomic E-state index is 5.39. The van der Waals surface area contributed by atoms with Crippen molar-refractivity contribution in [3.05, 3.63) is 47.8 Å². The molecule has 0 saturated carbocycles. The molecule has 4 heterocycles. The molecule has 0 radical (unpaired) electrons. The Kier molecular flexibility index (Phi) is 4.53. The average Bonchev–Trinajstić information content (AvgIpc) is 3.36. The number of hydrogen-bond donors (Lipinski definition) is 1. The molecule has 0 amide bonds. The minimum Gasteiger partial charge on any atom is -0.370 e. The van der Waals surface area contributed by atoms with Crippen molar-refractivity contribution in [1.29, 1.82) is 0 Å². The van der Waals surface area contributed by atoms with Crippen molar-refractivity contribution in [2.24, 2.45) is 5.92 Å². The quantitative estimate of drug-likeness (QED) is 0.743. The highest BCUT2D eigenvalue weighted by molar-refractivity contribution is 7.13. The summed E-state index contributed by atoms with van der Waals surface area (Å²) in [7, 11) is 0. The monoisotopic (exact) mass is 341 g/mol. The Balaban J connectivity index is 1.28. The van der Waals surface area contributed by atoms with Crippen LogP contribution in [-0.2, 0) is 6.54 Å². The predicted molar refractivity (Wildman–Crippen MR) is 93.7 cm³/mol. The van der Waals surface area contributed by atoms with Crippen molar-refractivity contribution >= 4 is 17.2 Å². The molecule has 0 spiro atoms. The summed E-state index contributed by atoms with van der Waals surface area (Å²) in [6.07, 6.45) is 2.98. The molecule has 0 aromatic carbocycles. The van der Waals surface area contributed by atoms with Gasteiger partial charge in [0, 0.05) is 19.3 Å². The summed E-state index contributed by atoms with van der Waals surface area (Å²) in [5.74, 6) is 2.93. The summed E-state index contributed by atoms with van der Waals surface area (Å²) in [5, 5.41) is 9.50. The van der Waals surface area contributed by atoms with Crippen molar-refractivity contribution in [2.75, 3.05) is 25.0 Å². The molecule has 4 rings (SSSR count). The highest BCUT2D eigenvalue weighted by atomic mass is 32.1. The van der Waals surface area contributed by atoms with Crippen molar-refractivity contribution < 1.29 is 4.52 Å². The topological polar surface area (TPSA) is 67.1 Å². The second kappa shape index (κ2) is 7.11. The summed E-state index contributed by atoms with van der Waals surface area (Å²) >= 11 is 1.62. The summed E-state index contributed by atoms with van der Waals surface area (Å²) < 4.78 is 5.39. The minimum absolute atomic E-state index is 0.617. The molecule has 1 aliphatic rings. The first-order valence-electron chi connectivity index (χ1n) is 8.10. The minimum atomic E-state index is 0.617. The van der Waals surface area contributed by atoms with Crippen LogP contribution in [0.1, 0.15) is 12.3 Å². The van der Waals surface area contributed by atoms with E-state index in [1.165, 1.54) is 6.42 Å². The summed E-state index contributed by atoms with van der Waals surface area (Å²) in [4.78, 5) is 12.2.